The second kappa shape index (κ2) is 5.90. The van der Waals surface area contributed by atoms with Crippen LogP contribution >= 0.6 is 0 Å². The number of aliphatic imine (C=N–C) groups is 1. The molecule has 0 unspecified atom stereocenters. The molecular weight excluding hydrogens is 275 g/mol. The molecule has 1 aliphatic heterocycles. The van der Waals surface area contributed by atoms with Gasteiger partial charge in [-0.25, -0.2) is 4.39 Å². The van der Waals surface area contributed by atoms with E-state index in [4.69, 9.17) is 11.5 Å². The zero-order chi connectivity index (χ0) is 15.6. The summed E-state index contributed by atoms with van der Waals surface area (Å²) in [7, 11) is 0. The van der Waals surface area contributed by atoms with Gasteiger partial charge in [-0.1, -0.05) is 0 Å². The molecule has 1 heterocycles. The van der Waals surface area contributed by atoms with Crippen LogP contribution in [0.2, 0.25) is 0 Å². The molecule has 1 aliphatic rings. The van der Waals surface area contributed by atoms with Crippen molar-refractivity contribution in [2.75, 3.05) is 11.4 Å². The lowest BCUT2D eigenvalue weighted by Gasteiger charge is -2.25. The molecule has 6 nitrogen and oxygen atoms in total. The van der Waals surface area contributed by atoms with Crippen LogP contribution in [-0.4, -0.2) is 30.2 Å². The number of anilines is 1. The van der Waals surface area contributed by atoms with E-state index >= 15 is 0 Å². The quantitative estimate of drug-likeness (QED) is 0.487. The highest BCUT2D eigenvalue weighted by Gasteiger charge is 2.32. The molecule has 1 atom stereocenters. The van der Waals surface area contributed by atoms with Crippen molar-refractivity contribution in [3.63, 3.8) is 0 Å². The molecule has 112 valence electrons. The van der Waals surface area contributed by atoms with Crippen molar-refractivity contribution in [1.29, 1.82) is 0 Å². The Balaban J connectivity index is 2.30. The summed E-state index contributed by atoms with van der Waals surface area (Å²) >= 11 is 0. The molecule has 2 rings (SSSR count). The van der Waals surface area contributed by atoms with Crippen LogP contribution in [0.3, 0.4) is 0 Å². The normalized spacial score (nSPS) is 17.6. The van der Waals surface area contributed by atoms with E-state index in [1.54, 1.807) is 11.0 Å². The molecule has 1 amide bonds. The van der Waals surface area contributed by atoms with E-state index < -0.39 is 17.8 Å². The summed E-state index contributed by atoms with van der Waals surface area (Å²) in [6.07, 6.45) is 1.30. The molecule has 0 spiro atoms. The summed E-state index contributed by atoms with van der Waals surface area (Å²) in [5, 5.41) is 0. The molecule has 4 N–H and O–H groups in total. The smallest absolute Gasteiger partial charge is 0.271 e. The molecule has 1 aromatic carbocycles. The van der Waals surface area contributed by atoms with Gasteiger partial charge in [0.1, 0.15) is 11.9 Å². The number of ketones is 1. The molecule has 0 bridgehead atoms. The van der Waals surface area contributed by atoms with Crippen LogP contribution < -0.4 is 16.4 Å². The van der Waals surface area contributed by atoms with E-state index in [9.17, 15) is 14.0 Å². The van der Waals surface area contributed by atoms with Gasteiger partial charge in [0.05, 0.1) is 5.69 Å². The molecule has 0 saturated carbocycles. The minimum atomic E-state index is -0.579. The maximum Gasteiger partial charge on any atom is 0.271 e. The van der Waals surface area contributed by atoms with Crippen LogP contribution in [0.5, 0.6) is 0 Å². The maximum atomic E-state index is 14.2. The Hall–Kier alpha value is -2.44. The number of nitrogens with zero attached hydrogens (tertiary/aromatic N) is 2. The fourth-order valence-electron chi connectivity index (χ4n) is 2.47. The molecule has 1 fully saturated rings. The fraction of sp³-hybridized carbons (Fsp3) is 0.357. The molecule has 0 aliphatic carbocycles. The second-order valence-corrected chi connectivity index (χ2v) is 4.95. The Bertz CT molecular complexity index is 611. The number of benzene rings is 1. The lowest BCUT2D eigenvalue weighted by Crippen LogP contribution is -2.37. The van der Waals surface area contributed by atoms with Crippen LogP contribution in [0, 0.1) is 5.82 Å². The fourth-order valence-corrected chi connectivity index (χ4v) is 2.47. The van der Waals surface area contributed by atoms with Crippen molar-refractivity contribution in [2.24, 2.45) is 16.5 Å². The molecular formula is C14H17FN4O2. The van der Waals surface area contributed by atoms with Crippen molar-refractivity contribution in [3.8, 4) is 0 Å². The van der Waals surface area contributed by atoms with Gasteiger partial charge in [0, 0.05) is 12.1 Å². The van der Waals surface area contributed by atoms with Crippen LogP contribution in [0.25, 0.3) is 0 Å². The highest BCUT2D eigenvalue weighted by Crippen LogP contribution is 2.29. The minimum Gasteiger partial charge on any atom is -0.370 e. The van der Waals surface area contributed by atoms with Gasteiger partial charge in [-0.15, -0.1) is 0 Å². The second-order valence-electron chi connectivity index (χ2n) is 4.95. The first-order valence-electron chi connectivity index (χ1n) is 6.60. The summed E-state index contributed by atoms with van der Waals surface area (Å²) in [6.45, 7) is 1.90. The Morgan fingerprint density at radius 3 is 2.67 bits per heavy atom. The van der Waals surface area contributed by atoms with Crippen molar-refractivity contribution in [3.05, 3.63) is 29.6 Å². The summed E-state index contributed by atoms with van der Waals surface area (Å²) in [5.74, 6) is -1.54. The first-order valence-corrected chi connectivity index (χ1v) is 6.60. The average Bonchev–Trinajstić information content (AvgIpc) is 2.86. The maximum absolute atomic E-state index is 14.2. The van der Waals surface area contributed by atoms with E-state index in [1.807, 2.05) is 0 Å². The molecule has 0 radical (unpaired) electrons. The minimum absolute atomic E-state index is 0.213. The molecule has 21 heavy (non-hydrogen) atoms. The number of carbonyl (C=O) groups excluding carboxylic acids is 2. The Labute approximate surface area is 121 Å². The number of carbonyl (C=O) groups is 2. The highest BCUT2D eigenvalue weighted by molar-refractivity contribution is 5.96. The van der Waals surface area contributed by atoms with Crippen molar-refractivity contribution in [2.45, 2.75) is 25.8 Å². The Kier molecular flexibility index (Phi) is 4.21. The third-order valence-electron chi connectivity index (χ3n) is 3.44. The molecule has 1 aromatic rings. The van der Waals surface area contributed by atoms with E-state index in [1.165, 1.54) is 19.1 Å². The van der Waals surface area contributed by atoms with E-state index in [0.717, 1.165) is 6.42 Å². The first-order chi connectivity index (χ1) is 9.90. The summed E-state index contributed by atoms with van der Waals surface area (Å²) in [5.41, 5.74) is 11.0. The topological polar surface area (TPSA) is 102 Å². The zero-order valence-electron chi connectivity index (χ0n) is 11.7. The van der Waals surface area contributed by atoms with Crippen LogP contribution in [0.4, 0.5) is 10.1 Å². The lowest BCUT2D eigenvalue weighted by molar-refractivity contribution is -0.118. The molecule has 1 saturated heterocycles. The number of Topliss-reactive ketones (excluding diaryl/α,β-unsaturated/α-hetero) is 1. The summed E-state index contributed by atoms with van der Waals surface area (Å²) < 4.78 is 14.2. The number of halogens is 1. The number of hydrogen-bond donors (Lipinski definition) is 2. The summed E-state index contributed by atoms with van der Waals surface area (Å²) in [6, 6.07) is 3.65. The SMILES string of the molecule is CC(=O)c1ccc(N2CCC[C@H]2C(=O)N=C(N)N)c(F)c1. The molecule has 0 aromatic heterocycles. The van der Waals surface area contributed by atoms with Gasteiger partial charge in [0.2, 0.25) is 0 Å². The van der Waals surface area contributed by atoms with Crippen molar-refractivity contribution >= 4 is 23.3 Å². The Morgan fingerprint density at radius 2 is 2.10 bits per heavy atom. The zero-order valence-corrected chi connectivity index (χ0v) is 11.7. The third kappa shape index (κ3) is 3.18. The van der Waals surface area contributed by atoms with Gasteiger partial charge < -0.3 is 16.4 Å². The van der Waals surface area contributed by atoms with Crippen LogP contribution in [0.1, 0.15) is 30.1 Å². The van der Waals surface area contributed by atoms with Gasteiger partial charge in [0.15, 0.2) is 11.7 Å². The lowest BCUT2D eigenvalue weighted by atomic mass is 10.1. The third-order valence-corrected chi connectivity index (χ3v) is 3.44. The molecule has 7 heteroatoms. The number of hydrogen-bond acceptors (Lipinski definition) is 3. The largest absolute Gasteiger partial charge is 0.370 e. The predicted molar refractivity (Wildman–Crippen MR) is 77.6 cm³/mol. The predicted octanol–water partition coefficient (Wildman–Crippen LogP) is 0.797. The van der Waals surface area contributed by atoms with E-state index in [2.05, 4.69) is 4.99 Å². The van der Waals surface area contributed by atoms with Gasteiger partial charge >= 0.3 is 0 Å². The number of guanidine groups is 1. The average molecular weight is 292 g/mol. The summed E-state index contributed by atoms with van der Waals surface area (Å²) in [4.78, 5) is 28.4. The van der Waals surface area contributed by atoms with E-state index in [0.29, 0.717) is 18.5 Å². The monoisotopic (exact) mass is 292 g/mol. The first kappa shape index (κ1) is 15.0. The number of amides is 1. The number of rotatable bonds is 3. The van der Waals surface area contributed by atoms with Crippen LogP contribution in [0.15, 0.2) is 23.2 Å². The van der Waals surface area contributed by atoms with Gasteiger partial charge in [0.25, 0.3) is 5.91 Å². The van der Waals surface area contributed by atoms with Crippen LogP contribution in [-0.2, 0) is 4.79 Å². The van der Waals surface area contributed by atoms with E-state index in [-0.39, 0.29) is 17.4 Å². The Morgan fingerprint density at radius 1 is 1.38 bits per heavy atom. The van der Waals surface area contributed by atoms with Crippen molar-refractivity contribution in [1.82, 2.24) is 0 Å². The van der Waals surface area contributed by atoms with Crippen molar-refractivity contribution < 1.29 is 14.0 Å². The number of nitrogens with two attached hydrogens (primary N) is 2. The standard InChI is InChI=1S/C14H17FN4O2/c1-8(20)9-4-5-11(10(15)7-9)19-6-2-3-12(19)13(21)18-14(16)17/h4-5,7,12H,2-3,6H2,1H3,(H4,16,17,18,21)/t12-/m0/s1. The van der Waals surface area contributed by atoms with Gasteiger partial charge in [-0.05, 0) is 38.0 Å². The van der Waals surface area contributed by atoms with Gasteiger partial charge in [-0.3, -0.25) is 9.59 Å². The highest BCUT2D eigenvalue weighted by atomic mass is 19.1. The van der Waals surface area contributed by atoms with Gasteiger partial charge in [-0.2, -0.15) is 4.99 Å².